The van der Waals surface area contributed by atoms with Crippen molar-refractivity contribution in [1.29, 1.82) is 0 Å². The quantitative estimate of drug-likeness (QED) is 0.404. The number of nitrogens with one attached hydrogen (secondary N) is 1. The SMILES string of the molecule is NS(=O)(=O)c1ccc(CNC(=O)CCn2c3ccccc3c3nc4ccccc4nc32)cc1. The first kappa shape index (κ1) is 21.0. The molecule has 0 aliphatic rings. The summed E-state index contributed by atoms with van der Waals surface area (Å²) in [4.78, 5) is 22.2. The molecule has 8 nitrogen and oxygen atoms in total. The number of benzene rings is 3. The molecule has 33 heavy (non-hydrogen) atoms. The molecule has 0 aliphatic carbocycles. The summed E-state index contributed by atoms with van der Waals surface area (Å²) in [7, 11) is -3.74. The standard InChI is InChI=1S/C24H21N5O3S/c25-33(31,32)17-11-9-16(10-12-17)15-26-22(30)13-14-29-21-8-4-1-5-18(21)23-24(29)28-20-7-3-2-6-19(20)27-23/h1-12H,13-15H2,(H,26,30)(H2,25,31,32). The van der Waals surface area contributed by atoms with Crippen LogP contribution in [-0.2, 0) is 27.9 Å². The fourth-order valence-electron chi connectivity index (χ4n) is 3.91. The highest BCUT2D eigenvalue weighted by Crippen LogP contribution is 2.28. The molecule has 2 aromatic heterocycles. The lowest BCUT2D eigenvalue weighted by atomic mass is 10.2. The van der Waals surface area contributed by atoms with Gasteiger partial charge < -0.3 is 9.88 Å². The van der Waals surface area contributed by atoms with E-state index in [0.717, 1.165) is 38.7 Å². The van der Waals surface area contributed by atoms with E-state index in [-0.39, 0.29) is 17.2 Å². The van der Waals surface area contributed by atoms with Crippen molar-refractivity contribution in [2.24, 2.45) is 5.14 Å². The predicted octanol–water partition coefficient (Wildman–Crippen LogP) is 3.09. The number of rotatable bonds is 6. The Balaban J connectivity index is 1.35. The lowest BCUT2D eigenvalue weighted by Crippen LogP contribution is -2.24. The Kier molecular flexibility index (Phi) is 5.27. The summed E-state index contributed by atoms with van der Waals surface area (Å²) in [5.74, 6) is -0.120. The first-order valence-corrected chi connectivity index (χ1v) is 12.0. The van der Waals surface area contributed by atoms with E-state index in [1.807, 2.05) is 53.1 Å². The Morgan fingerprint density at radius 1 is 0.909 bits per heavy atom. The van der Waals surface area contributed by atoms with Crippen molar-refractivity contribution in [3.63, 3.8) is 0 Å². The molecule has 0 aliphatic heterocycles. The number of hydrogen-bond donors (Lipinski definition) is 2. The van der Waals surface area contributed by atoms with Crippen molar-refractivity contribution in [3.8, 4) is 0 Å². The number of amides is 1. The number of para-hydroxylation sites is 3. The molecule has 0 atom stereocenters. The van der Waals surface area contributed by atoms with Crippen molar-refractivity contribution in [3.05, 3.63) is 78.4 Å². The molecule has 1 amide bonds. The zero-order chi connectivity index (χ0) is 23.0. The van der Waals surface area contributed by atoms with Gasteiger partial charge in [0.25, 0.3) is 0 Å². The molecule has 2 heterocycles. The lowest BCUT2D eigenvalue weighted by molar-refractivity contribution is -0.121. The van der Waals surface area contributed by atoms with E-state index >= 15 is 0 Å². The molecule has 0 spiro atoms. The zero-order valence-electron chi connectivity index (χ0n) is 17.6. The minimum absolute atomic E-state index is 0.0394. The van der Waals surface area contributed by atoms with Crippen molar-refractivity contribution in [2.45, 2.75) is 24.4 Å². The summed E-state index contributed by atoms with van der Waals surface area (Å²) in [6.45, 7) is 0.745. The second kappa shape index (κ2) is 8.27. The third-order valence-electron chi connectivity index (χ3n) is 5.56. The van der Waals surface area contributed by atoms with Gasteiger partial charge in [-0.2, -0.15) is 0 Å². The van der Waals surface area contributed by atoms with Gasteiger partial charge in [0.15, 0.2) is 5.65 Å². The number of fused-ring (bicyclic) bond motifs is 4. The second-order valence-electron chi connectivity index (χ2n) is 7.77. The van der Waals surface area contributed by atoms with Crippen LogP contribution in [0.1, 0.15) is 12.0 Å². The number of nitrogens with zero attached hydrogens (tertiary/aromatic N) is 3. The summed E-state index contributed by atoms with van der Waals surface area (Å²) >= 11 is 0. The van der Waals surface area contributed by atoms with E-state index in [1.165, 1.54) is 12.1 Å². The molecule has 0 bridgehead atoms. The normalized spacial score (nSPS) is 11.9. The lowest BCUT2D eigenvalue weighted by Gasteiger charge is -2.09. The van der Waals surface area contributed by atoms with Gasteiger partial charge in [-0.15, -0.1) is 0 Å². The van der Waals surface area contributed by atoms with Gasteiger partial charge in [0.2, 0.25) is 15.9 Å². The average molecular weight is 460 g/mol. The summed E-state index contributed by atoms with van der Waals surface area (Å²) in [5.41, 5.74) is 4.97. The minimum atomic E-state index is -3.74. The number of primary sulfonamides is 1. The molecule has 5 rings (SSSR count). The summed E-state index contributed by atoms with van der Waals surface area (Å²) < 4.78 is 24.8. The van der Waals surface area contributed by atoms with Crippen molar-refractivity contribution in [2.75, 3.05) is 0 Å². The first-order valence-electron chi connectivity index (χ1n) is 10.4. The third-order valence-corrected chi connectivity index (χ3v) is 6.49. The molecule has 0 fully saturated rings. The van der Waals surface area contributed by atoms with Gasteiger partial charge in [0.05, 0.1) is 21.4 Å². The van der Waals surface area contributed by atoms with Crippen molar-refractivity contribution >= 4 is 49.0 Å². The third kappa shape index (κ3) is 4.15. The van der Waals surface area contributed by atoms with E-state index in [4.69, 9.17) is 15.1 Å². The first-order chi connectivity index (χ1) is 15.9. The van der Waals surface area contributed by atoms with Crippen LogP contribution >= 0.6 is 0 Å². The Bertz CT molecular complexity index is 1610. The Morgan fingerprint density at radius 2 is 1.58 bits per heavy atom. The maximum absolute atomic E-state index is 12.5. The smallest absolute Gasteiger partial charge is 0.238 e. The number of nitrogens with two attached hydrogens (primary N) is 1. The topological polar surface area (TPSA) is 120 Å². The molecule has 166 valence electrons. The number of aromatic nitrogens is 3. The predicted molar refractivity (Wildman–Crippen MR) is 127 cm³/mol. The fourth-order valence-corrected chi connectivity index (χ4v) is 4.42. The van der Waals surface area contributed by atoms with E-state index in [1.54, 1.807) is 12.1 Å². The highest BCUT2D eigenvalue weighted by Gasteiger charge is 2.15. The van der Waals surface area contributed by atoms with Crippen LogP contribution < -0.4 is 10.5 Å². The molecule has 9 heteroatoms. The van der Waals surface area contributed by atoms with Crippen LogP contribution in [0, 0.1) is 0 Å². The van der Waals surface area contributed by atoms with E-state index in [9.17, 15) is 13.2 Å². The van der Waals surface area contributed by atoms with Gasteiger partial charge in [-0.3, -0.25) is 4.79 Å². The van der Waals surface area contributed by atoms with Crippen LogP contribution in [0.2, 0.25) is 0 Å². The highest BCUT2D eigenvalue weighted by atomic mass is 32.2. The molecule has 0 saturated carbocycles. The monoisotopic (exact) mass is 459 g/mol. The number of sulfonamides is 1. The van der Waals surface area contributed by atoms with Gasteiger partial charge in [-0.1, -0.05) is 42.5 Å². The molecular weight excluding hydrogens is 438 g/mol. The summed E-state index contributed by atoms with van der Waals surface area (Å²) in [6, 6.07) is 21.8. The van der Waals surface area contributed by atoms with Gasteiger partial charge >= 0.3 is 0 Å². The number of carbonyl (C=O) groups is 1. The van der Waals surface area contributed by atoms with Crippen molar-refractivity contribution < 1.29 is 13.2 Å². The molecular formula is C24H21N5O3S. The summed E-state index contributed by atoms with van der Waals surface area (Å²) in [5, 5.41) is 8.99. The maximum atomic E-state index is 12.5. The number of hydrogen-bond acceptors (Lipinski definition) is 5. The summed E-state index contributed by atoms with van der Waals surface area (Å²) in [6.07, 6.45) is 0.261. The van der Waals surface area contributed by atoms with E-state index in [0.29, 0.717) is 13.1 Å². The van der Waals surface area contributed by atoms with Crippen LogP contribution in [0.4, 0.5) is 0 Å². The van der Waals surface area contributed by atoms with E-state index < -0.39 is 10.0 Å². The van der Waals surface area contributed by atoms with Crippen LogP contribution in [-0.4, -0.2) is 28.9 Å². The second-order valence-corrected chi connectivity index (χ2v) is 9.33. The average Bonchev–Trinajstić information content (AvgIpc) is 3.12. The van der Waals surface area contributed by atoms with Gasteiger partial charge in [-0.25, -0.2) is 23.5 Å². The molecule has 0 radical (unpaired) electrons. The minimum Gasteiger partial charge on any atom is -0.352 e. The Labute approximate surface area is 190 Å². The molecule has 0 unspecified atom stereocenters. The van der Waals surface area contributed by atoms with Gasteiger partial charge in [0, 0.05) is 24.9 Å². The Hall–Kier alpha value is -3.82. The highest BCUT2D eigenvalue weighted by molar-refractivity contribution is 7.89. The van der Waals surface area contributed by atoms with Crippen molar-refractivity contribution in [1.82, 2.24) is 19.9 Å². The molecule has 3 aromatic carbocycles. The number of carbonyl (C=O) groups excluding carboxylic acids is 1. The number of aryl methyl sites for hydroxylation is 1. The molecule has 3 N–H and O–H groups in total. The van der Waals surface area contributed by atoms with Gasteiger partial charge in [0.1, 0.15) is 5.52 Å². The van der Waals surface area contributed by atoms with Crippen LogP contribution in [0.25, 0.3) is 33.1 Å². The zero-order valence-corrected chi connectivity index (χ0v) is 18.4. The van der Waals surface area contributed by atoms with Crippen LogP contribution in [0.15, 0.2) is 77.7 Å². The van der Waals surface area contributed by atoms with Crippen LogP contribution in [0.3, 0.4) is 0 Å². The van der Waals surface area contributed by atoms with E-state index in [2.05, 4.69) is 5.32 Å². The fraction of sp³-hybridized carbons (Fsp3) is 0.125. The maximum Gasteiger partial charge on any atom is 0.238 e. The molecule has 5 aromatic rings. The largest absolute Gasteiger partial charge is 0.352 e. The van der Waals surface area contributed by atoms with Crippen LogP contribution in [0.5, 0.6) is 0 Å². The molecule has 0 saturated heterocycles. The van der Waals surface area contributed by atoms with Gasteiger partial charge in [-0.05, 0) is 35.9 Å². The Morgan fingerprint density at radius 3 is 2.30 bits per heavy atom.